The molecule has 1 aromatic carbocycles. The first kappa shape index (κ1) is 17.8. The highest BCUT2D eigenvalue weighted by Crippen LogP contribution is 2.27. The number of carbonyl (C=O) groups excluding carboxylic acids is 1. The Kier molecular flexibility index (Phi) is 6.45. The van der Waals surface area contributed by atoms with Crippen LogP contribution in [-0.2, 0) is 4.79 Å². The van der Waals surface area contributed by atoms with E-state index >= 15 is 0 Å². The van der Waals surface area contributed by atoms with Gasteiger partial charge in [-0.25, -0.2) is 0 Å². The Morgan fingerprint density at radius 1 is 1.30 bits per heavy atom. The van der Waals surface area contributed by atoms with Crippen LogP contribution in [0.15, 0.2) is 18.2 Å². The number of amides is 1. The number of ether oxygens (including phenoxy) is 2. The maximum atomic E-state index is 12.4. The SMILES string of the molecule is COc1cc(N[C@@H]2CCCN(C(=O)[C@H](C)SC)C2)cc(OC)c1. The zero-order valence-electron chi connectivity index (χ0n) is 14.3. The fourth-order valence-corrected chi connectivity index (χ4v) is 3.13. The fraction of sp³-hybridized carbons (Fsp3) is 0.588. The summed E-state index contributed by atoms with van der Waals surface area (Å²) in [4.78, 5) is 14.3. The number of hydrogen-bond acceptors (Lipinski definition) is 5. The molecule has 5 nitrogen and oxygen atoms in total. The van der Waals surface area contributed by atoms with Gasteiger partial charge in [-0.3, -0.25) is 4.79 Å². The van der Waals surface area contributed by atoms with Gasteiger partial charge in [0, 0.05) is 43.0 Å². The van der Waals surface area contributed by atoms with Crippen molar-refractivity contribution < 1.29 is 14.3 Å². The van der Waals surface area contributed by atoms with E-state index in [-0.39, 0.29) is 17.2 Å². The van der Waals surface area contributed by atoms with Gasteiger partial charge in [-0.15, -0.1) is 0 Å². The maximum absolute atomic E-state index is 12.4. The highest BCUT2D eigenvalue weighted by Gasteiger charge is 2.26. The zero-order valence-corrected chi connectivity index (χ0v) is 15.1. The summed E-state index contributed by atoms with van der Waals surface area (Å²) in [5, 5.41) is 3.53. The third kappa shape index (κ3) is 4.70. The van der Waals surface area contributed by atoms with Gasteiger partial charge in [-0.05, 0) is 26.0 Å². The highest BCUT2D eigenvalue weighted by molar-refractivity contribution is 7.99. The smallest absolute Gasteiger partial charge is 0.235 e. The Morgan fingerprint density at radius 2 is 1.96 bits per heavy atom. The van der Waals surface area contributed by atoms with Crippen molar-refractivity contribution in [1.82, 2.24) is 4.90 Å². The average Bonchev–Trinajstić information content (AvgIpc) is 2.60. The van der Waals surface area contributed by atoms with E-state index in [1.165, 1.54) is 0 Å². The van der Waals surface area contributed by atoms with Crippen molar-refractivity contribution in [3.05, 3.63) is 18.2 Å². The molecular weight excluding hydrogens is 312 g/mol. The van der Waals surface area contributed by atoms with Crippen LogP contribution in [0.2, 0.25) is 0 Å². The molecule has 1 aliphatic heterocycles. The average molecular weight is 338 g/mol. The third-order valence-corrected chi connectivity index (χ3v) is 5.07. The standard InChI is InChI=1S/C17H26N2O3S/c1-12(23-4)17(20)19-7-5-6-13(11-19)18-14-8-15(21-2)10-16(9-14)22-3/h8-10,12-13,18H,5-7,11H2,1-4H3/t12-,13+/m0/s1. The lowest BCUT2D eigenvalue weighted by molar-refractivity contribution is -0.131. The molecule has 1 heterocycles. The molecule has 2 rings (SSSR count). The van der Waals surface area contributed by atoms with Crippen molar-refractivity contribution in [2.75, 3.05) is 38.9 Å². The lowest BCUT2D eigenvalue weighted by Crippen LogP contribution is -2.47. The summed E-state index contributed by atoms with van der Waals surface area (Å²) in [7, 11) is 3.28. The Bertz CT molecular complexity index is 516. The molecule has 2 atom stereocenters. The molecule has 0 aromatic heterocycles. The minimum Gasteiger partial charge on any atom is -0.497 e. The Labute approximate surface area is 142 Å². The van der Waals surface area contributed by atoms with E-state index in [9.17, 15) is 4.79 Å². The van der Waals surface area contributed by atoms with E-state index in [0.717, 1.165) is 43.1 Å². The molecule has 0 saturated carbocycles. The van der Waals surface area contributed by atoms with Crippen LogP contribution >= 0.6 is 11.8 Å². The summed E-state index contributed by atoms with van der Waals surface area (Å²) in [6.07, 6.45) is 4.05. The second-order valence-electron chi connectivity index (χ2n) is 5.75. The van der Waals surface area contributed by atoms with E-state index in [1.54, 1.807) is 26.0 Å². The molecule has 0 radical (unpaired) electrons. The maximum Gasteiger partial charge on any atom is 0.235 e. The molecule has 23 heavy (non-hydrogen) atoms. The van der Waals surface area contributed by atoms with E-state index in [1.807, 2.05) is 36.3 Å². The molecule has 1 amide bonds. The number of likely N-dealkylation sites (tertiary alicyclic amines) is 1. The third-order valence-electron chi connectivity index (χ3n) is 4.16. The Morgan fingerprint density at radius 3 is 2.52 bits per heavy atom. The molecular formula is C17H26N2O3S. The minimum atomic E-state index is 0.0191. The van der Waals surface area contributed by atoms with E-state index in [4.69, 9.17) is 9.47 Å². The lowest BCUT2D eigenvalue weighted by atomic mass is 10.0. The lowest BCUT2D eigenvalue weighted by Gasteiger charge is -2.35. The van der Waals surface area contributed by atoms with Crippen LogP contribution in [0.4, 0.5) is 5.69 Å². The van der Waals surface area contributed by atoms with Crippen LogP contribution in [0.5, 0.6) is 11.5 Å². The summed E-state index contributed by atoms with van der Waals surface area (Å²) in [6, 6.07) is 6.00. The number of piperidine rings is 1. The van der Waals surface area contributed by atoms with Gasteiger partial charge in [0.15, 0.2) is 0 Å². The zero-order chi connectivity index (χ0) is 16.8. The molecule has 6 heteroatoms. The number of benzene rings is 1. The van der Waals surface area contributed by atoms with Crippen molar-refractivity contribution in [3.63, 3.8) is 0 Å². The molecule has 0 aliphatic carbocycles. The van der Waals surface area contributed by atoms with Crippen LogP contribution in [-0.4, -0.2) is 55.7 Å². The number of carbonyl (C=O) groups is 1. The largest absolute Gasteiger partial charge is 0.497 e. The van der Waals surface area contributed by atoms with Crippen LogP contribution in [0.1, 0.15) is 19.8 Å². The molecule has 128 valence electrons. The van der Waals surface area contributed by atoms with Gasteiger partial charge in [-0.2, -0.15) is 11.8 Å². The van der Waals surface area contributed by atoms with Crippen molar-refractivity contribution in [1.29, 1.82) is 0 Å². The monoisotopic (exact) mass is 338 g/mol. The van der Waals surface area contributed by atoms with Crippen molar-refractivity contribution in [3.8, 4) is 11.5 Å². The van der Waals surface area contributed by atoms with Gasteiger partial charge >= 0.3 is 0 Å². The molecule has 0 unspecified atom stereocenters. The second kappa shape index (κ2) is 8.34. The van der Waals surface area contributed by atoms with Gasteiger partial charge in [0.2, 0.25) is 5.91 Å². The number of thioether (sulfide) groups is 1. The first-order valence-electron chi connectivity index (χ1n) is 7.88. The predicted octanol–water partition coefficient (Wildman–Crippen LogP) is 2.86. The minimum absolute atomic E-state index is 0.0191. The molecule has 1 fully saturated rings. The van der Waals surface area contributed by atoms with Gasteiger partial charge in [0.25, 0.3) is 0 Å². The molecule has 0 spiro atoms. The Balaban J connectivity index is 2.04. The summed E-state index contributed by atoms with van der Waals surface area (Å²) in [5.41, 5.74) is 0.957. The number of nitrogens with one attached hydrogen (secondary N) is 1. The number of hydrogen-bond donors (Lipinski definition) is 1. The number of methoxy groups -OCH3 is 2. The normalized spacial score (nSPS) is 19.1. The molecule has 0 bridgehead atoms. The molecule has 1 aromatic rings. The number of rotatable bonds is 6. The van der Waals surface area contributed by atoms with Gasteiger partial charge in [0.1, 0.15) is 11.5 Å². The van der Waals surface area contributed by atoms with Crippen LogP contribution in [0, 0.1) is 0 Å². The van der Waals surface area contributed by atoms with E-state index < -0.39 is 0 Å². The summed E-state index contributed by atoms with van der Waals surface area (Å²) >= 11 is 1.60. The quantitative estimate of drug-likeness (QED) is 0.864. The highest BCUT2D eigenvalue weighted by atomic mass is 32.2. The van der Waals surface area contributed by atoms with Gasteiger partial charge < -0.3 is 19.7 Å². The second-order valence-corrected chi connectivity index (χ2v) is 6.93. The molecule has 1 saturated heterocycles. The predicted molar refractivity (Wildman–Crippen MR) is 95.7 cm³/mol. The van der Waals surface area contributed by atoms with Crippen molar-refractivity contribution >= 4 is 23.4 Å². The topological polar surface area (TPSA) is 50.8 Å². The fourth-order valence-electron chi connectivity index (χ4n) is 2.78. The van der Waals surface area contributed by atoms with E-state index in [0.29, 0.717) is 0 Å². The van der Waals surface area contributed by atoms with Gasteiger partial charge in [0.05, 0.1) is 19.5 Å². The number of nitrogens with zero attached hydrogens (tertiary/aromatic N) is 1. The number of anilines is 1. The first-order valence-corrected chi connectivity index (χ1v) is 9.17. The van der Waals surface area contributed by atoms with Crippen LogP contribution < -0.4 is 14.8 Å². The van der Waals surface area contributed by atoms with Gasteiger partial charge in [-0.1, -0.05) is 0 Å². The summed E-state index contributed by atoms with van der Waals surface area (Å²) in [5.74, 6) is 1.74. The summed E-state index contributed by atoms with van der Waals surface area (Å²) in [6.45, 7) is 3.56. The van der Waals surface area contributed by atoms with Crippen molar-refractivity contribution in [2.45, 2.75) is 31.1 Å². The summed E-state index contributed by atoms with van der Waals surface area (Å²) < 4.78 is 10.6. The molecule has 1 aliphatic rings. The first-order chi connectivity index (χ1) is 11.1. The van der Waals surface area contributed by atoms with Crippen molar-refractivity contribution in [2.24, 2.45) is 0 Å². The Hall–Kier alpha value is -1.56. The molecule has 1 N–H and O–H groups in total. The van der Waals surface area contributed by atoms with Crippen LogP contribution in [0.25, 0.3) is 0 Å². The van der Waals surface area contributed by atoms with Crippen LogP contribution in [0.3, 0.4) is 0 Å². The van der Waals surface area contributed by atoms with E-state index in [2.05, 4.69) is 5.32 Å².